The molecule has 1 unspecified atom stereocenters. The Bertz CT molecular complexity index is 1180. The third kappa shape index (κ3) is 8.08. The normalized spacial score (nSPS) is 17.2. The van der Waals surface area contributed by atoms with Gasteiger partial charge in [-0.25, -0.2) is 14.9 Å². The Labute approximate surface area is 226 Å². The standard InChI is InChI=1S/C31H39N5O2/c1-24(2)19-31(18-17-25-9-5-3-6-10-25)23-38-36(29(32)35-31)22-28-15-13-27(14-16-28)21-34-30(37)33-20-26-11-7-4-8-12-26/h3-16,24H,17-23H2,1-2H3,(H2,32,35)(H2,33,34,37). The molecule has 4 N–H and O–H groups in total. The maximum Gasteiger partial charge on any atom is 0.315 e. The van der Waals surface area contributed by atoms with Crippen molar-refractivity contribution >= 4 is 12.0 Å². The molecule has 3 aromatic carbocycles. The number of hydrogen-bond donors (Lipinski definition) is 3. The Hall–Kier alpha value is -3.84. The minimum Gasteiger partial charge on any atom is -0.368 e. The summed E-state index contributed by atoms with van der Waals surface area (Å²) < 4.78 is 0. The summed E-state index contributed by atoms with van der Waals surface area (Å²) in [5.74, 6) is 0.907. The topological polar surface area (TPSA) is 92.0 Å². The van der Waals surface area contributed by atoms with E-state index in [2.05, 4.69) is 48.7 Å². The van der Waals surface area contributed by atoms with Crippen LogP contribution < -0.4 is 16.4 Å². The molecule has 0 spiro atoms. The highest BCUT2D eigenvalue weighted by atomic mass is 16.7. The molecule has 1 heterocycles. The van der Waals surface area contributed by atoms with Crippen LogP contribution in [0.5, 0.6) is 0 Å². The van der Waals surface area contributed by atoms with Gasteiger partial charge in [0, 0.05) is 13.1 Å². The van der Waals surface area contributed by atoms with Crippen molar-refractivity contribution in [2.24, 2.45) is 16.6 Å². The van der Waals surface area contributed by atoms with E-state index in [4.69, 9.17) is 15.6 Å². The number of nitrogens with two attached hydrogens (primary N) is 1. The van der Waals surface area contributed by atoms with Crippen molar-refractivity contribution in [3.8, 4) is 0 Å². The lowest BCUT2D eigenvalue weighted by Gasteiger charge is -2.39. The zero-order valence-corrected chi connectivity index (χ0v) is 22.4. The van der Waals surface area contributed by atoms with E-state index in [0.717, 1.165) is 36.0 Å². The van der Waals surface area contributed by atoms with Crippen molar-refractivity contribution < 1.29 is 9.63 Å². The van der Waals surface area contributed by atoms with Gasteiger partial charge in [-0.1, -0.05) is 98.8 Å². The first-order valence-electron chi connectivity index (χ1n) is 13.3. The van der Waals surface area contributed by atoms with E-state index in [0.29, 0.717) is 38.1 Å². The van der Waals surface area contributed by atoms with Gasteiger partial charge in [0.2, 0.25) is 5.96 Å². The Morgan fingerprint density at radius 1 is 0.895 bits per heavy atom. The number of amides is 2. The molecular formula is C31H39N5O2. The number of hydrogen-bond acceptors (Lipinski definition) is 5. The SMILES string of the molecule is CC(C)CC1(CCc2ccccc2)CON(Cc2ccc(CNC(=O)NCc3ccccc3)cc2)C(N)=N1. The first-order chi connectivity index (χ1) is 18.4. The van der Waals surface area contributed by atoms with Gasteiger partial charge in [-0.2, -0.15) is 0 Å². The molecule has 3 aromatic rings. The van der Waals surface area contributed by atoms with Gasteiger partial charge < -0.3 is 16.4 Å². The highest BCUT2D eigenvalue weighted by Crippen LogP contribution is 2.31. The number of rotatable bonds is 11. The number of nitrogens with zero attached hydrogens (tertiary/aromatic N) is 2. The van der Waals surface area contributed by atoms with E-state index in [1.807, 2.05) is 60.7 Å². The maximum atomic E-state index is 12.1. The Kier molecular flexibility index (Phi) is 9.38. The van der Waals surface area contributed by atoms with Gasteiger partial charge >= 0.3 is 6.03 Å². The predicted molar refractivity (Wildman–Crippen MR) is 152 cm³/mol. The van der Waals surface area contributed by atoms with Crippen LogP contribution in [0.3, 0.4) is 0 Å². The summed E-state index contributed by atoms with van der Waals surface area (Å²) in [5.41, 5.74) is 10.5. The number of guanidine groups is 1. The molecule has 0 saturated heterocycles. The second kappa shape index (κ2) is 13.1. The molecule has 4 rings (SSSR count). The number of nitrogens with one attached hydrogen (secondary N) is 2. The van der Waals surface area contributed by atoms with E-state index >= 15 is 0 Å². The van der Waals surface area contributed by atoms with Crippen LogP contribution in [0.15, 0.2) is 89.9 Å². The van der Waals surface area contributed by atoms with Crippen LogP contribution in [0.25, 0.3) is 0 Å². The number of carbonyl (C=O) groups excluding carboxylic acids is 1. The fourth-order valence-electron chi connectivity index (χ4n) is 4.79. The molecule has 0 aromatic heterocycles. The number of aryl methyl sites for hydroxylation is 1. The van der Waals surface area contributed by atoms with E-state index in [1.165, 1.54) is 5.56 Å². The third-order valence-corrected chi connectivity index (χ3v) is 6.70. The Morgan fingerprint density at radius 3 is 2.03 bits per heavy atom. The molecule has 38 heavy (non-hydrogen) atoms. The van der Waals surface area contributed by atoms with Crippen molar-refractivity contribution in [3.05, 3.63) is 107 Å². The molecule has 0 saturated carbocycles. The van der Waals surface area contributed by atoms with Gasteiger partial charge in [0.15, 0.2) is 0 Å². The molecule has 0 radical (unpaired) electrons. The van der Waals surface area contributed by atoms with Gasteiger partial charge in [0.1, 0.15) is 6.61 Å². The van der Waals surface area contributed by atoms with Crippen molar-refractivity contribution in [2.75, 3.05) is 6.61 Å². The lowest BCUT2D eigenvalue weighted by Crippen LogP contribution is -2.50. The molecular weight excluding hydrogens is 474 g/mol. The van der Waals surface area contributed by atoms with Gasteiger partial charge in [0.25, 0.3) is 0 Å². The minimum absolute atomic E-state index is 0.194. The molecule has 1 atom stereocenters. The summed E-state index contributed by atoms with van der Waals surface area (Å²) in [7, 11) is 0. The summed E-state index contributed by atoms with van der Waals surface area (Å²) in [6.45, 7) is 6.40. The number of hydroxylamine groups is 2. The highest BCUT2D eigenvalue weighted by Gasteiger charge is 2.36. The smallest absolute Gasteiger partial charge is 0.315 e. The Morgan fingerprint density at radius 2 is 1.45 bits per heavy atom. The number of carbonyl (C=O) groups is 1. The van der Waals surface area contributed by atoms with Crippen LogP contribution >= 0.6 is 0 Å². The molecule has 7 heteroatoms. The van der Waals surface area contributed by atoms with Crippen molar-refractivity contribution in [3.63, 3.8) is 0 Å². The van der Waals surface area contributed by atoms with Crippen LogP contribution in [0.4, 0.5) is 4.79 Å². The Balaban J connectivity index is 1.29. The van der Waals surface area contributed by atoms with Crippen molar-refractivity contribution in [1.29, 1.82) is 0 Å². The van der Waals surface area contributed by atoms with E-state index in [-0.39, 0.29) is 11.6 Å². The summed E-state index contributed by atoms with van der Waals surface area (Å²) in [6, 6.07) is 28.2. The largest absolute Gasteiger partial charge is 0.368 e. The van der Waals surface area contributed by atoms with Gasteiger partial charge in [-0.3, -0.25) is 4.84 Å². The maximum absolute atomic E-state index is 12.1. The zero-order chi connectivity index (χ0) is 26.8. The number of urea groups is 1. The zero-order valence-electron chi connectivity index (χ0n) is 22.4. The van der Waals surface area contributed by atoms with E-state index in [1.54, 1.807) is 5.06 Å². The first-order valence-corrected chi connectivity index (χ1v) is 13.3. The van der Waals surface area contributed by atoms with Gasteiger partial charge in [0.05, 0.1) is 12.1 Å². The lowest BCUT2D eigenvalue weighted by atomic mass is 9.84. The summed E-state index contributed by atoms with van der Waals surface area (Å²) >= 11 is 0. The fraction of sp³-hybridized carbons (Fsp3) is 0.355. The number of benzene rings is 3. The predicted octanol–water partition coefficient (Wildman–Crippen LogP) is 5.17. The van der Waals surface area contributed by atoms with Crippen LogP contribution in [-0.2, 0) is 30.9 Å². The average Bonchev–Trinajstić information content (AvgIpc) is 2.93. The monoisotopic (exact) mass is 513 g/mol. The summed E-state index contributed by atoms with van der Waals surface area (Å²) in [4.78, 5) is 23.3. The van der Waals surface area contributed by atoms with Crippen molar-refractivity contribution in [1.82, 2.24) is 15.7 Å². The highest BCUT2D eigenvalue weighted by molar-refractivity contribution is 5.78. The average molecular weight is 514 g/mol. The van der Waals surface area contributed by atoms with Crippen molar-refractivity contribution in [2.45, 2.75) is 58.3 Å². The molecule has 0 bridgehead atoms. The van der Waals surface area contributed by atoms with Crippen LogP contribution in [0, 0.1) is 5.92 Å². The van der Waals surface area contributed by atoms with Gasteiger partial charge in [-0.05, 0) is 47.4 Å². The van der Waals surface area contributed by atoms with E-state index < -0.39 is 0 Å². The quantitative estimate of drug-likeness (QED) is 0.330. The number of aliphatic imine (C=N–C) groups is 1. The molecule has 1 aliphatic heterocycles. The fourth-order valence-corrected chi connectivity index (χ4v) is 4.79. The minimum atomic E-state index is -0.318. The van der Waals surface area contributed by atoms with E-state index in [9.17, 15) is 4.79 Å². The van der Waals surface area contributed by atoms with Crippen LogP contribution in [-0.4, -0.2) is 29.2 Å². The molecule has 2 amide bonds. The first kappa shape index (κ1) is 27.2. The van der Waals surface area contributed by atoms with Crippen LogP contribution in [0.2, 0.25) is 0 Å². The molecule has 0 aliphatic carbocycles. The third-order valence-electron chi connectivity index (χ3n) is 6.70. The molecule has 1 aliphatic rings. The second-order valence-corrected chi connectivity index (χ2v) is 10.4. The molecule has 0 fully saturated rings. The molecule has 7 nitrogen and oxygen atoms in total. The molecule has 200 valence electrons. The van der Waals surface area contributed by atoms with Gasteiger partial charge in [-0.15, -0.1) is 0 Å². The second-order valence-electron chi connectivity index (χ2n) is 10.4. The van der Waals surface area contributed by atoms with Crippen LogP contribution in [0.1, 0.15) is 48.9 Å². The summed E-state index contributed by atoms with van der Waals surface area (Å²) in [6.07, 6.45) is 2.76. The lowest BCUT2D eigenvalue weighted by molar-refractivity contribution is -0.141. The summed E-state index contributed by atoms with van der Waals surface area (Å²) in [5, 5.41) is 7.46.